The van der Waals surface area contributed by atoms with Crippen LogP contribution in [-0.2, 0) is 20.8 Å². The number of carboxylic acid groups (broad SMARTS) is 1. The number of carbonyl (C=O) groups excluding carboxylic acids is 3. The Balaban J connectivity index is 0.000000745. The van der Waals surface area contributed by atoms with Crippen LogP contribution in [0.4, 0.5) is 13.2 Å². The standard InChI is InChI=1S/C23H28N8O3.C2HF3O2/c24-19(32)18(13-14-7-2-1-3-8-14)31-21(33)17(11-6-12-27-23(25)26)30-22(34)20-28-15-9-4-5-10-16(15)29-20;3-2(4,5)1(6)7/h1-5,7-10,17-18H,6,11-13H2,(H2,24,32)(H,28,29)(H,30,34)(H,31,33)(H4,25,26,27);(H,6,7)/t17-,18-;/m0./s1. The Morgan fingerprint density at radius 1 is 0.951 bits per heavy atom. The quantitative estimate of drug-likeness (QED) is 0.0963. The van der Waals surface area contributed by atoms with Crippen LogP contribution in [0, 0.1) is 0 Å². The average Bonchev–Trinajstić information content (AvgIpc) is 3.35. The van der Waals surface area contributed by atoms with Gasteiger partial charge in [-0.1, -0.05) is 42.5 Å². The van der Waals surface area contributed by atoms with Gasteiger partial charge < -0.3 is 37.9 Å². The first-order valence-electron chi connectivity index (χ1n) is 12.0. The summed E-state index contributed by atoms with van der Waals surface area (Å²) in [7, 11) is 0. The van der Waals surface area contributed by atoms with Crippen LogP contribution >= 0.6 is 0 Å². The molecule has 2 aromatic carbocycles. The second kappa shape index (κ2) is 14.9. The van der Waals surface area contributed by atoms with Crippen LogP contribution in [0.15, 0.2) is 59.6 Å². The number of primary amides is 1. The summed E-state index contributed by atoms with van der Waals surface area (Å²) in [6.07, 6.45) is -4.22. The van der Waals surface area contributed by atoms with Gasteiger partial charge in [0.1, 0.15) is 12.1 Å². The predicted octanol–water partition coefficient (Wildman–Crippen LogP) is 0.561. The minimum absolute atomic E-state index is 0.0658. The van der Waals surface area contributed by atoms with Crippen molar-refractivity contribution in [2.24, 2.45) is 22.2 Å². The molecule has 220 valence electrons. The zero-order chi connectivity index (χ0) is 30.6. The van der Waals surface area contributed by atoms with Gasteiger partial charge in [0.05, 0.1) is 11.0 Å². The highest BCUT2D eigenvalue weighted by Crippen LogP contribution is 2.13. The molecule has 41 heavy (non-hydrogen) atoms. The third-order valence-corrected chi connectivity index (χ3v) is 5.36. The fraction of sp³-hybridized carbons (Fsp3) is 0.280. The van der Waals surface area contributed by atoms with E-state index in [2.05, 4.69) is 25.6 Å². The Morgan fingerprint density at radius 3 is 2.12 bits per heavy atom. The van der Waals surface area contributed by atoms with Crippen molar-refractivity contribution in [2.75, 3.05) is 6.54 Å². The SMILES string of the molecule is NC(=O)[C@H](Cc1ccccc1)NC(=O)[C@H](CCCN=C(N)N)NC(=O)c1nc2ccccc2[nH]1.O=C(O)C(F)(F)F. The first-order valence-corrected chi connectivity index (χ1v) is 12.0. The summed E-state index contributed by atoms with van der Waals surface area (Å²) in [5.41, 5.74) is 18.4. The Labute approximate surface area is 231 Å². The number of fused-ring (bicyclic) bond motifs is 1. The number of aliphatic carboxylic acids is 1. The van der Waals surface area contributed by atoms with E-state index in [0.29, 0.717) is 17.5 Å². The molecule has 0 bridgehead atoms. The number of carbonyl (C=O) groups is 4. The molecule has 3 rings (SSSR count). The van der Waals surface area contributed by atoms with E-state index < -0.39 is 42.0 Å². The van der Waals surface area contributed by atoms with Gasteiger partial charge in [-0.05, 0) is 30.5 Å². The van der Waals surface area contributed by atoms with E-state index in [4.69, 9.17) is 27.1 Å². The highest BCUT2D eigenvalue weighted by atomic mass is 19.4. The smallest absolute Gasteiger partial charge is 0.475 e. The number of aromatic amines is 1. The summed E-state index contributed by atoms with van der Waals surface area (Å²) in [6, 6.07) is 14.4. The van der Waals surface area contributed by atoms with Gasteiger partial charge in [-0.3, -0.25) is 19.4 Å². The normalized spacial score (nSPS) is 12.3. The highest BCUT2D eigenvalue weighted by molar-refractivity contribution is 5.98. The number of guanidine groups is 1. The van der Waals surface area contributed by atoms with E-state index in [9.17, 15) is 27.6 Å². The van der Waals surface area contributed by atoms with Crippen molar-refractivity contribution in [3.8, 4) is 0 Å². The number of alkyl halides is 3. The molecule has 0 aliphatic heterocycles. The van der Waals surface area contributed by atoms with Crippen LogP contribution in [-0.4, -0.2) is 69.5 Å². The number of benzene rings is 2. The Bertz CT molecular complexity index is 1340. The molecule has 16 heteroatoms. The Kier molecular flexibility index (Phi) is 11.6. The van der Waals surface area contributed by atoms with Gasteiger partial charge in [-0.15, -0.1) is 0 Å². The van der Waals surface area contributed by atoms with E-state index in [1.54, 1.807) is 12.1 Å². The van der Waals surface area contributed by atoms with Gasteiger partial charge in [0, 0.05) is 13.0 Å². The summed E-state index contributed by atoms with van der Waals surface area (Å²) in [6.45, 7) is 0.274. The number of aliphatic imine (C=N–C) groups is 1. The number of nitrogens with one attached hydrogen (secondary N) is 3. The molecule has 13 nitrogen and oxygen atoms in total. The maximum absolute atomic E-state index is 13.1. The molecule has 0 spiro atoms. The minimum atomic E-state index is -5.08. The molecule has 0 unspecified atom stereocenters. The number of rotatable bonds is 11. The molecule has 0 fully saturated rings. The fourth-order valence-corrected chi connectivity index (χ4v) is 3.40. The van der Waals surface area contributed by atoms with Crippen LogP contribution in [0.5, 0.6) is 0 Å². The lowest BCUT2D eigenvalue weighted by Gasteiger charge is -2.21. The number of imidazole rings is 1. The van der Waals surface area contributed by atoms with Crippen molar-refractivity contribution in [1.29, 1.82) is 0 Å². The second-order valence-corrected chi connectivity index (χ2v) is 8.53. The van der Waals surface area contributed by atoms with E-state index in [1.165, 1.54) is 0 Å². The maximum atomic E-state index is 13.1. The lowest BCUT2D eigenvalue weighted by atomic mass is 10.0. The molecule has 0 radical (unpaired) electrons. The van der Waals surface area contributed by atoms with Crippen LogP contribution in [0.2, 0.25) is 0 Å². The molecule has 10 N–H and O–H groups in total. The molecule has 3 aromatic rings. The number of hydrogen-bond donors (Lipinski definition) is 7. The van der Waals surface area contributed by atoms with Crippen molar-refractivity contribution in [2.45, 2.75) is 37.5 Å². The summed E-state index contributed by atoms with van der Waals surface area (Å²) in [5.74, 6) is -4.54. The first-order chi connectivity index (χ1) is 19.3. The lowest BCUT2D eigenvalue weighted by molar-refractivity contribution is -0.192. The summed E-state index contributed by atoms with van der Waals surface area (Å²) >= 11 is 0. The number of hydrogen-bond acceptors (Lipinski definition) is 6. The topological polar surface area (TPSA) is 232 Å². The zero-order valence-corrected chi connectivity index (χ0v) is 21.5. The van der Waals surface area contributed by atoms with Gasteiger partial charge in [-0.25, -0.2) is 9.78 Å². The largest absolute Gasteiger partial charge is 0.490 e. The number of halogens is 3. The summed E-state index contributed by atoms with van der Waals surface area (Å²) < 4.78 is 31.7. The molecular weight excluding hydrogens is 549 g/mol. The third kappa shape index (κ3) is 10.9. The Morgan fingerprint density at radius 2 is 1.56 bits per heavy atom. The van der Waals surface area contributed by atoms with Crippen molar-refractivity contribution < 1.29 is 37.5 Å². The molecule has 1 heterocycles. The molecule has 2 atom stereocenters. The van der Waals surface area contributed by atoms with Crippen LogP contribution in [0.1, 0.15) is 29.0 Å². The second-order valence-electron chi connectivity index (χ2n) is 8.53. The number of aromatic nitrogens is 2. The number of para-hydroxylation sites is 2. The number of nitrogens with two attached hydrogens (primary N) is 3. The fourth-order valence-electron chi connectivity index (χ4n) is 3.40. The van der Waals surface area contributed by atoms with E-state index in [-0.39, 0.29) is 31.2 Å². The van der Waals surface area contributed by atoms with E-state index in [0.717, 1.165) is 5.56 Å². The lowest BCUT2D eigenvalue weighted by Crippen LogP contribution is -2.53. The van der Waals surface area contributed by atoms with Crippen LogP contribution in [0.25, 0.3) is 11.0 Å². The van der Waals surface area contributed by atoms with E-state index >= 15 is 0 Å². The first kappa shape index (κ1) is 32.1. The molecule has 0 saturated carbocycles. The highest BCUT2D eigenvalue weighted by Gasteiger charge is 2.38. The zero-order valence-electron chi connectivity index (χ0n) is 21.5. The van der Waals surface area contributed by atoms with Crippen molar-refractivity contribution in [3.05, 3.63) is 66.0 Å². The number of nitrogens with zero attached hydrogens (tertiary/aromatic N) is 2. The van der Waals surface area contributed by atoms with Crippen LogP contribution < -0.4 is 27.8 Å². The van der Waals surface area contributed by atoms with Crippen molar-refractivity contribution in [3.63, 3.8) is 0 Å². The summed E-state index contributed by atoms with van der Waals surface area (Å²) in [5, 5.41) is 12.5. The summed E-state index contributed by atoms with van der Waals surface area (Å²) in [4.78, 5) is 57.9. The van der Waals surface area contributed by atoms with Gasteiger partial charge in [-0.2, -0.15) is 13.2 Å². The molecule has 0 saturated heterocycles. The number of carboxylic acids is 1. The minimum Gasteiger partial charge on any atom is -0.475 e. The Hall–Kier alpha value is -5.15. The maximum Gasteiger partial charge on any atom is 0.490 e. The van der Waals surface area contributed by atoms with Crippen molar-refractivity contribution in [1.82, 2.24) is 20.6 Å². The van der Waals surface area contributed by atoms with Gasteiger partial charge in [0.25, 0.3) is 5.91 Å². The monoisotopic (exact) mass is 578 g/mol. The van der Waals surface area contributed by atoms with Crippen LogP contribution in [0.3, 0.4) is 0 Å². The molecule has 3 amide bonds. The number of amides is 3. The van der Waals surface area contributed by atoms with Gasteiger partial charge in [0.15, 0.2) is 11.8 Å². The van der Waals surface area contributed by atoms with E-state index in [1.807, 2.05) is 42.5 Å². The predicted molar refractivity (Wildman–Crippen MR) is 142 cm³/mol. The molecule has 0 aliphatic rings. The molecule has 0 aliphatic carbocycles. The van der Waals surface area contributed by atoms with Gasteiger partial charge in [0.2, 0.25) is 11.8 Å². The number of H-pyrrole nitrogens is 1. The third-order valence-electron chi connectivity index (χ3n) is 5.36. The molecular formula is C25H29F3N8O5. The average molecular weight is 579 g/mol. The van der Waals surface area contributed by atoms with Gasteiger partial charge >= 0.3 is 12.1 Å². The molecule has 1 aromatic heterocycles. The van der Waals surface area contributed by atoms with Crippen molar-refractivity contribution >= 4 is 40.7 Å².